The minimum Gasteiger partial charge on any atom is -0.450 e. The highest BCUT2D eigenvalue weighted by Crippen LogP contribution is 1.66. The van der Waals surface area contributed by atoms with Crippen LogP contribution in [0.1, 0.15) is 6.92 Å². The van der Waals surface area contributed by atoms with Crippen molar-refractivity contribution < 1.29 is 14.2 Å². The monoisotopic (exact) mass is 109 g/mol. The van der Waals surface area contributed by atoms with E-state index in [2.05, 4.69) is 10.5 Å². The zero-order valence-corrected chi connectivity index (χ0v) is 4.01. The average Bonchev–Trinajstić information content (AvgIpc) is 1.35. The van der Waals surface area contributed by atoms with E-state index in [0.717, 1.165) is 0 Å². The quantitative estimate of drug-likeness (QED) is 0.524. The van der Waals surface area contributed by atoms with Gasteiger partial charge in [-0.3, -0.25) is 4.70 Å². The summed E-state index contributed by atoms with van der Waals surface area (Å²) < 4.78 is 4.18. The summed E-state index contributed by atoms with van der Waals surface area (Å²) in [7, 11) is 0. The summed E-state index contributed by atoms with van der Waals surface area (Å²) in [6.45, 7) is 2.06. The predicted octanol–water partition coefficient (Wildman–Crippen LogP) is 0.254. The highest BCUT2D eigenvalue weighted by Gasteiger charge is 1.82. The fourth-order valence-corrected chi connectivity index (χ4v) is 0.142. The van der Waals surface area contributed by atoms with Crippen molar-refractivity contribution >= 4 is 6.09 Å². The third-order valence-corrected chi connectivity index (χ3v) is 0.287. The third-order valence-electron chi connectivity index (χ3n) is 0.287. The molecule has 0 spiro atoms. The SMILES string of the molecule is CCOC(N)=O.F. The Balaban J connectivity index is 0. The van der Waals surface area contributed by atoms with Crippen molar-refractivity contribution in [1.29, 1.82) is 0 Å². The second-order valence-corrected chi connectivity index (χ2v) is 0.752. The van der Waals surface area contributed by atoms with Crippen LogP contribution in [-0.2, 0) is 4.74 Å². The summed E-state index contributed by atoms with van der Waals surface area (Å²) in [5.41, 5.74) is 4.54. The minimum atomic E-state index is -0.711. The van der Waals surface area contributed by atoms with Crippen LogP contribution in [0.5, 0.6) is 0 Å². The molecule has 1 amide bonds. The number of carbonyl (C=O) groups excluding carboxylic acids is 1. The second kappa shape index (κ2) is 5.20. The summed E-state index contributed by atoms with van der Waals surface area (Å²) in [6.07, 6.45) is -0.711. The number of primary amides is 1. The zero-order valence-electron chi connectivity index (χ0n) is 4.01. The van der Waals surface area contributed by atoms with Crippen LogP contribution >= 0.6 is 0 Å². The van der Waals surface area contributed by atoms with Gasteiger partial charge in [-0.1, -0.05) is 0 Å². The molecule has 7 heavy (non-hydrogen) atoms. The van der Waals surface area contributed by atoms with E-state index in [4.69, 9.17) is 0 Å². The van der Waals surface area contributed by atoms with E-state index in [1.807, 2.05) is 0 Å². The Morgan fingerprint density at radius 1 is 1.86 bits per heavy atom. The van der Waals surface area contributed by atoms with E-state index >= 15 is 0 Å². The fraction of sp³-hybridized carbons (Fsp3) is 0.667. The highest BCUT2D eigenvalue weighted by atomic mass is 19.0. The number of ether oxygens (including phenoxy) is 1. The second-order valence-electron chi connectivity index (χ2n) is 0.752. The maximum absolute atomic E-state index is 9.60. The number of halogens is 1. The molecule has 44 valence electrons. The Bertz CT molecular complexity index is 56.9. The van der Waals surface area contributed by atoms with E-state index in [1.165, 1.54) is 0 Å². The lowest BCUT2D eigenvalue weighted by Crippen LogP contribution is -2.11. The normalized spacial score (nSPS) is 6.43. The van der Waals surface area contributed by atoms with E-state index in [0.29, 0.717) is 6.61 Å². The molecule has 0 aliphatic heterocycles. The van der Waals surface area contributed by atoms with Gasteiger partial charge in [-0.2, -0.15) is 0 Å². The summed E-state index contributed by atoms with van der Waals surface area (Å²) in [4.78, 5) is 9.60. The maximum Gasteiger partial charge on any atom is 0.404 e. The van der Waals surface area contributed by atoms with Crippen LogP contribution in [-0.4, -0.2) is 12.7 Å². The van der Waals surface area contributed by atoms with Crippen molar-refractivity contribution in [3.8, 4) is 0 Å². The third kappa shape index (κ3) is 11.0. The van der Waals surface area contributed by atoms with Crippen molar-refractivity contribution in [2.45, 2.75) is 6.92 Å². The first-order valence-electron chi connectivity index (χ1n) is 1.69. The van der Waals surface area contributed by atoms with Crippen molar-refractivity contribution in [1.82, 2.24) is 0 Å². The first-order valence-corrected chi connectivity index (χ1v) is 1.69. The van der Waals surface area contributed by atoms with Crippen LogP contribution < -0.4 is 5.73 Å². The highest BCUT2D eigenvalue weighted by molar-refractivity contribution is 5.64. The molecule has 0 atom stereocenters. The van der Waals surface area contributed by atoms with Gasteiger partial charge in [0.15, 0.2) is 0 Å². The Morgan fingerprint density at radius 3 is 2.29 bits per heavy atom. The lowest BCUT2D eigenvalue weighted by Gasteiger charge is -1.89. The summed E-state index contributed by atoms with van der Waals surface area (Å²) >= 11 is 0. The molecule has 0 bridgehead atoms. The number of carbonyl (C=O) groups is 1. The Morgan fingerprint density at radius 2 is 2.29 bits per heavy atom. The fourth-order valence-electron chi connectivity index (χ4n) is 0.142. The van der Waals surface area contributed by atoms with Crippen molar-refractivity contribution in [2.24, 2.45) is 5.73 Å². The number of hydrogen-bond donors (Lipinski definition) is 1. The van der Waals surface area contributed by atoms with Gasteiger partial charge in [0.2, 0.25) is 0 Å². The molecule has 0 aromatic heterocycles. The Hall–Kier alpha value is -0.800. The summed E-state index contributed by atoms with van der Waals surface area (Å²) in [6, 6.07) is 0. The summed E-state index contributed by atoms with van der Waals surface area (Å²) in [5.74, 6) is 0. The number of amides is 1. The van der Waals surface area contributed by atoms with Crippen LogP contribution in [0.25, 0.3) is 0 Å². The van der Waals surface area contributed by atoms with Gasteiger partial charge >= 0.3 is 6.09 Å². The van der Waals surface area contributed by atoms with E-state index in [9.17, 15) is 4.79 Å². The largest absolute Gasteiger partial charge is 0.450 e. The van der Waals surface area contributed by atoms with Crippen LogP contribution in [0.2, 0.25) is 0 Å². The lowest BCUT2D eigenvalue weighted by molar-refractivity contribution is 0.163. The van der Waals surface area contributed by atoms with E-state index in [-0.39, 0.29) is 4.70 Å². The molecule has 0 heterocycles. The molecule has 0 aliphatic rings. The molecule has 0 rings (SSSR count). The Labute approximate surface area is 40.8 Å². The molecule has 0 fully saturated rings. The molecule has 0 aromatic rings. The molecule has 0 saturated heterocycles. The zero-order chi connectivity index (χ0) is 4.99. The molecule has 0 aliphatic carbocycles. The Kier molecular flexibility index (Phi) is 7.06. The van der Waals surface area contributed by atoms with Crippen LogP contribution in [0.3, 0.4) is 0 Å². The van der Waals surface area contributed by atoms with Gasteiger partial charge in [0.1, 0.15) is 0 Å². The van der Waals surface area contributed by atoms with Crippen molar-refractivity contribution in [2.75, 3.05) is 6.61 Å². The molecule has 0 aromatic carbocycles. The molecule has 0 radical (unpaired) electrons. The van der Waals surface area contributed by atoms with Gasteiger partial charge in [-0.05, 0) is 6.92 Å². The first kappa shape index (κ1) is 9.50. The van der Waals surface area contributed by atoms with Gasteiger partial charge in [0.25, 0.3) is 0 Å². The molecular weight excluding hydrogens is 101 g/mol. The lowest BCUT2D eigenvalue weighted by atomic mass is 10.9. The van der Waals surface area contributed by atoms with Gasteiger partial charge < -0.3 is 10.5 Å². The van der Waals surface area contributed by atoms with Crippen LogP contribution in [0, 0.1) is 0 Å². The van der Waals surface area contributed by atoms with E-state index < -0.39 is 6.09 Å². The van der Waals surface area contributed by atoms with Crippen LogP contribution in [0.4, 0.5) is 9.50 Å². The van der Waals surface area contributed by atoms with Crippen LogP contribution in [0.15, 0.2) is 0 Å². The van der Waals surface area contributed by atoms with Gasteiger partial charge in [-0.15, -0.1) is 0 Å². The summed E-state index contributed by atoms with van der Waals surface area (Å²) in [5, 5.41) is 0. The predicted molar refractivity (Wildman–Crippen MR) is 23.7 cm³/mol. The molecule has 4 heteroatoms. The van der Waals surface area contributed by atoms with Gasteiger partial charge in [0.05, 0.1) is 6.61 Å². The van der Waals surface area contributed by atoms with Gasteiger partial charge in [-0.25, -0.2) is 4.79 Å². The van der Waals surface area contributed by atoms with Crippen molar-refractivity contribution in [3.05, 3.63) is 0 Å². The molecule has 0 unspecified atom stereocenters. The minimum absolute atomic E-state index is 0. The number of nitrogens with two attached hydrogens (primary N) is 1. The molecule has 3 nitrogen and oxygen atoms in total. The number of hydrogen-bond acceptors (Lipinski definition) is 2. The topological polar surface area (TPSA) is 52.3 Å². The number of rotatable bonds is 1. The van der Waals surface area contributed by atoms with Gasteiger partial charge in [0, 0.05) is 0 Å². The molecule has 2 N–H and O–H groups in total. The maximum atomic E-state index is 9.60. The average molecular weight is 109 g/mol. The first-order chi connectivity index (χ1) is 2.77. The molecule has 0 saturated carbocycles. The molecular formula is C3H8FNO2. The van der Waals surface area contributed by atoms with E-state index in [1.54, 1.807) is 6.92 Å². The smallest absolute Gasteiger partial charge is 0.404 e. The standard InChI is InChI=1S/C3H7NO2.FH/c1-2-6-3(4)5;/h2H2,1H3,(H2,4,5);1H. The van der Waals surface area contributed by atoms with Crippen molar-refractivity contribution in [3.63, 3.8) is 0 Å².